The van der Waals surface area contributed by atoms with E-state index in [4.69, 9.17) is 28.7 Å². The molecule has 1 aliphatic heterocycles. The molecule has 0 aromatic heterocycles. The third-order valence-corrected chi connectivity index (χ3v) is 9.01. The summed E-state index contributed by atoms with van der Waals surface area (Å²) in [6.07, 6.45) is 0.702. The van der Waals surface area contributed by atoms with Gasteiger partial charge in [0.25, 0.3) is 0 Å². The smallest absolute Gasteiger partial charge is 0.345 e. The van der Waals surface area contributed by atoms with Crippen molar-refractivity contribution >= 4 is 21.9 Å². The molecule has 0 unspecified atom stereocenters. The molecule has 3 aromatic rings. The maximum absolute atomic E-state index is 13.9. The van der Waals surface area contributed by atoms with Gasteiger partial charge in [-0.1, -0.05) is 48.5 Å². The van der Waals surface area contributed by atoms with Crippen LogP contribution in [0.3, 0.4) is 0 Å². The Labute approximate surface area is 246 Å². The molecule has 1 heterocycles. The van der Waals surface area contributed by atoms with Crippen LogP contribution in [0.2, 0.25) is 0 Å². The largest absolute Gasteiger partial charge is 0.493 e. The van der Waals surface area contributed by atoms with Crippen molar-refractivity contribution in [3.05, 3.63) is 82.9 Å². The van der Waals surface area contributed by atoms with E-state index in [-0.39, 0.29) is 23.8 Å². The number of carbonyl (C=O) groups is 1. The number of aliphatic imine (C=N–C) groups is 1. The first-order valence-electron chi connectivity index (χ1n) is 13.3. The minimum atomic E-state index is -4.09. The molecule has 0 saturated heterocycles. The minimum absolute atomic E-state index is 0.0210. The highest BCUT2D eigenvalue weighted by molar-refractivity contribution is 7.89. The SMILES string of the molecule is COC[C@@]1([C@@H](CCc2ccccc2)NS(=O)(=O)c2c(C)cccc2C)N=C(c2cc(OC)c(OC)c(OC)c2)OC1=O. The van der Waals surface area contributed by atoms with E-state index in [0.29, 0.717) is 40.4 Å². The summed E-state index contributed by atoms with van der Waals surface area (Å²) in [6.45, 7) is 3.24. The number of aryl methyl sites for hydroxylation is 3. The lowest BCUT2D eigenvalue weighted by Gasteiger charge is -2.32. The maximum Gasteiger partial charge on any atom is 0.345 e. The molecule has 10 nitrogen and oxygen atoms in total. The van der Waals surface area contributed by atoms with Gasteiger partial charge in [-0.25, -0.2) is 22.9 Å². The van der Waals surface area contributed by atoms with Gasteiger partial charge in [-0.2, -0.15) is 0 Å². The highest BCUT2D eigenvalue weighted by Crippen LogP contribution is 2.40. The summed E-state index contributed by atoms with van der Waals surface area (Å²) < 4.78 is 58.2. The summed E-state index contributed by atoms with van der Waals surface area (Å²) in [5.74, 6) is 0.277. The molecule has 224 valence electrons. The fraction of sp³-hybridized carbons (Fsp3) is 0.355. The van der Waals surface area contributed by atoms with Gasteiger partial charge in [0.05, 0.1) is 38.9 Å². The first kappa shape index (κ1) is 31.0. The number of ether oxygens (including phenoxy) is 5. The molecule has 11 heteroatoms. The molecule has 0 radical (unpaired) electrons. The predicted octanol–water partition coefficient (Wildman–Crippen LogP) is 4.00. The van der Waals surface area contributed by atoms with Crippen LogP contribution < -0.4 is 18.9 Å². The molecule has 0 amide bonds. The molecule has 1 N–H and O–H groups in total. The Kier molecular flexibility index (Phi) is 9.55. The van der Waals surface area contributed by atoms with Crippen molar-refractivity contribution in [2.24, 2.45) is 4.99 Å². The Morgan fingerprint density at radius 2 is 1.52 bits per heavy atom. The first-order valence-corrected chi connectivity index (χ1v) is 14.8. The molecule has 4 rings (SSSR count). The summed E-state index contributed by atoms with van der Waals surface area (Å²) in [4.78, 5) is 18.7. The van der Waals surface area contributed by atoms with Crippen LogP contribution in [0.4, 0.5) is 0 Å². The van der Waals surface area contributed by atoms with Crippen molar-refractivity contribution in [2.75, 3.05) is 35.0 Å². The van der Waals surface area contributed by atoms with E-state index in [1.807, 2.05) is 30.3 Å². The summed E-state index contributed by atoms with van der Waals surface area (Å²) in [5, 5.41) is 0. The molecule has 42 heavy (non-hydrogen) atoms. The fourth-order valence-electron chi connectivity index (χ4n) is 5.21. The second-order valence-corrected chi connectivity index (χ2v) is 11.6. The van der Waals surface area contributed by atoms with Crippen LogP contribution in [0.1, 0.15) is 28.7 Å². The van der Waals surface area contributed by atoms with Gasteiger partial charge in [-0.3, -0.25) is 0 Å². The van der Waals surface area contributed by atoms with Crippen molar-refractivity contribution in [2.45, 2.75) is 43.2 Å². The topological polar surface area (TPSA) is 122 Å². The van der Waals surface area contributed by atoms with Crippen LogP contribution in [-0.2, 0) is 30.7 Å². The van der Waals surface area contributed by atoms with Gasteiger partial charge in [0.1, 0.15) is 0 Å². The Hall–Kier alpha value is -3.93. The number of hydrogen-bond acceptors (Lipinski definition) is 9. The van der Waals surface area contributed by atoms with E-state index in [1.54, 1.807) is 44.2 Å². The Morgan fingerprint density at radius 1 is 0.905 bits per heavy atom. The molecule has 0 fully saturated rings. The van der Waals surface area contributed by atoms with E-state index >= 15 is 0 Å². The maximum atomic E-state index is 13.9. The number of rotatable bonds is 13. The summed E-state index contributed by atoms with van der Waals surface area (Å²) in [7, 11) is 1.76. The van der Waals surface area contributed by atoms with Crippen LogP contribution >= 0.6 is 0 Å². The Morgan fingerprint density at radius 3 is 2.07 bits per heavy atom. The first-order chi connectivity index (χ1) is 20.1. The van der Waals surface area contributed by atoms with Crippen LogP contribution in [0.25, 0.3) is 0 Å². The van der Waals surface area contributed by atoms with Gasteiger partial charge >= 0.3 is 5.97 Å². The average Bonchev–Trinajstić information content (AvgIpc) is 3.31. The zero-order valence-electron chi connectivity index (χ0n) is 24.6. The molecular weight excluding hydrogens is 560 g/mol. The summed E-state index contributed by atoms with van der Waals surface area (Å²) in [6, 6.07) is 17.0. The highest BCUT2D eigenvalue weighted by Gasteiger charge is 2.54. The molecule has 0 bridgehead atoms. The highest BCUT2D eigenvalue weighted by atomic mass is 32.2. The van der Waals surface area contributed by atoms with Crippen LogP contribution in [-0.4, -0.2) is 66.9 Å². The van der Waals surface area contributed by atoms with Crippen molar-refractivity contribution in [3.63, 3.8) is 0 Å². The molecular formula is C31H36N2O8S. The lowest BCUT2D eigenvalue weighted by Crippen LogP contribution is -2.57. The number of hydrogen-bond donors (Lipinski definition) is 1. The molecule has 0 spiro atoms. The number of sulfonamides is 1. The standard InChI is InChI=1S/C31H36N2O8S/c1-20-11-10-12-21(2)28(20)42(35,36)33-26(16-15-22-13-8-7-9-14-22)31(19-37-3)30(34)41-29(32-31)23-17-24(38-4)27(40-6)25(18-23)39-5/h7-14,17-18,26,33H,15-16,19H2,1-6H3/t26-,31+/m1/s1. The lowest BCUT2D eigenvalue weighted by molar-refractivity contribution is -0.142. The molecule has 0 aliphatic carbocycles. The summed E-state index contributed by atoms with van der Waals surface area (Å²) >= 11 is 0. The van der Waals surface area contributed by atoms with E-state index < -0.39 is 27.6 Å². The predicted molar refractivity (Wildman–Crippen MR) is 158 cm³/mol. The average molecular weight is 597 g/mol. The van der Waals surface area contributed by atoms with Gasteiger partial charge in [0.2, 0.25) is 27.2 Å². The number of cyclic esters (lactones) is 1. The Bertz CT molecular complexity index is 1530. The van der Waals surface area contributed by atoms with Gasteiger partial charge in [0, 0.05) is 12.7 Å². The van der Waals surface area contributed by atoms with Gasteiger partial charge in [-0.05, 0) is 55.5 Å². The molecule has 3 aromatic carbocycles. The van der Waals surface area contributed by atoms with E-state index in [2.05, 4.69) is 4.72 Å². The summed E-state index contributed by atoms with van der Waals surface area (Å²) in [5.41, 5.74) is 0.807. The van der Waals surface area contributed by atoms with Crippen molar-refractivity contribution in [1.29, 1.82) is 0 Å². The van der Waals surface area contributed by atoms with Crippen molar-refractivity contribution in [1.82, 2.24) is 4.72 Å². The van der Waals surface area contributed by atoms with Crippen molar-refractivity contribution < 1.29 is 36.9 Å². The molecule has 2 atom stereocenters. The number of nitrogens with zero attached hydrogens (tertiary/aromatic N) is 1. The van der Waals surface area contributed by atoms with Gasteiger partial charge in [-0.15, -0.1) is 0 Å². The van der Waals surface area contributed by atoms with Crippen LogP contribution in [0.15, 0.2) is 70.6 Å². The van der Waals surface area contributed by atoms with E-state index in [0.717, 1.165) is 5.56 Å². The monoisotopic (exact) mass is 596 g/mol. The minimum Gasteiger partial charge on any atom is -0.493 e. The van der Waals surface area contributed by atoms with E-state index in [9.17, 15) is 13.2 Å². The van der Waals surface area contributed by atoms with Crippen LogP contribution in [0, 0.1) is 13.8 Å². The number of methoxy groups -OCH3 is 4. The third kappa shape index (κ3) is 6.13. The number of nitrogens with one attached hydrogen (secondary N) is 1. The second kappa shape index (κ2) is 12.9. The second-order valence-electron chi connectivity index (χ2n) is 10.00. The number of carbonyl (C=O) groups excluding carboxylic acids is 1. The van der Waals surface area contributed by atoms with Gasteiger partial charge in [0.15, 0.2) is 11.5 Å². The van der Waals surface area contributed by atoms with Crippen LogP contribution in [0.5, 0.6) is 17.2 Å². The van der Waals surface area contributed by atoms with Gasteiger partial charge < -0.3 is 23.7 Å². The number of benzene rings is 3. The van der Waals surface area contributed by atoms with E-state index in [1.165, 1.54) is 28.4 Å². The normalized spacial score (nSPS) is 17.4. The van der Waals surface area contributed by atoms with Crippen molar-refractivity contribution in [3.8, 4) is 17.2 Å². The quantitative estimate of drug-likeness (QED) is 0.294. The zero-order valence-corrected chi connectivity index (χ0v) is 25.4. The fourth-order valence-corrected chi connectivity index (χ4v) is 7.00. The third-order valence-electron chi connectivity index (χ3n) is 7.24. The lowest BCUT2D eigenvalue weighted by atomic mass is 9.88. The Balaban J connectivity index is 1.84. The zero-order chi connectivity index (χ0) is 30.5. The molecule has 0 saturated carbocycles. The molecule has 1 aliphatic rings. The number of esters is 1.